The Kier molecular flexibility index (Phi) is 2.40. The van der Waals surface area contributed by atoms with Crippen LogP contribution in [0.3, 0.4) is 0 Å². The average Bonchev–Trinajstić information content (AvgIpc) is 1.67. The Morgan fingerprint density at radius 1 is 1.62 bits per heavy atom. The minimum Gasteiger partial charge on any atom is -0.600 e. The van der Waals surface area contributed by atoms with E-state index in [4.69, 9.17) is 5.21 Å². The second kappa shape index (κ2) is 2.44. The molecule has 0 aromatic heterocycles. The van der Waals surface area contributed by atoms with E-state index in [-0.39, 0.29) is 0 Å². The Labute approximate surface area is 49.5 Å². The monoisotopic (exact) mass is 119 g/mol. The van der Waals surface area contributed by atoms with Crippen molar-refractivity contribution in [3.63, 3.8) is 0 Å². The summed E-state index contributed by atoms with van der Waals surface area (Å²) in [6.07, 6.45) is 0.683. The Morgan fingerprint density at radius 3 is 2.00 bits per heavy atom. The molecule has 2 N–H and O–H groups in total. The van der Waals surface area contributed by atoms with Gasteiger partial charge in [-0.25, -0.2) is 10.4 Å². The van der Waals surface area contributed by atoms with Crippen molar-refractivity contribution in [2.45, 2.75) is 32.7 Å². The van der Waals surface area contributed by atoms with Gasteiger partial charge in [0, 0.05) is 6.42 Å². The highest BCUT2D eigenvalue weighted by molar-refractivity contribution is 4.60. The van der Waals surface area contributed by atoms with Crippen LogP contribution in [0, 0.1) is 5.21 Å². The smallest absolute Gasteiger partial charge is 0.121 e. The lowest BCUT2D eigenvalue weighted by molar-refractivity contribution is -1.09. The van der Waals surface area contributed by atoms with Gasteiger partial charge in [-0.1, -0.05) is 6.92 Å². The van der Waals surface area contributed by atoms with E-state index < -0.39 is 10.8 Å². The van der Waals surface area contributed by atoms with Crippen LogP contribution in [0.5, 0.6) is 0 Å². The highest BCUT2D eigenvalue weighted by Crippen LogP contribution is 1.99. The third-order valence-corrected chi connectivity index (χ3v) is 1.46. The van der Waals surface area contributed by atoms with Crippen molar-refractivity contribution >= 4 is 0 Å². The predicted molar refractivity (Wildman–Crippen MR) is 30.5 cm³/mol. The molecule has 1 unspecified atom stereocenters. The van der Waals surface area contributed by atoms with E-state index in [0.717, 1.165) is 0 Å². The first kappa shape index (κ1) is 7.88. The molecule has 3 heteroatoms. The lowest BCUT2D eigenvalue weighted by Gasteiger charge is -2.29. The third kappa shape index (κ3) is 1.78. The van der Waals surface area contributed by atoms with Crippen molar-refractivity contribution in [3.05, 3.63) is 5.21 Å². The Hall–Kier alpha value is -0.120. The molecule has 1 atom stereocenters. The van der Waals surface area contributed by atoms with Crippen LogP contribution < -0.4 is 5.23 Å². The lowest BCUT2D eigenvalue weighted by Crippen LogP contribution is -3.13. The zero-order valence-corrected chi connectivity index (χ0v) is 5.56. The van der Waals surface area contributed by atoms with E-state index >= 15 is 0 Å². The van der Waals surface area contributed by atoms with Gasteiger partial charge in [-0.3, -0.25) is 0 Å². The van der Waals surface area contributed by atoms with Crippen molar-refractivity contribution in [2.24, 2.45) is 0 Å². The average molecular weight is 119 g/mol. The zero-order valence-electron chi connectivity index (χ0n) is 5.56. The van der Waals surface area contributed by atoms with Gasteiger partial charge in [0.05, 0.1) is 0 Å². The molecule has 0 aliphatic heterocycles. The summed E-state index contributed by atoms with van der Waals surface area (Å²) in [5.74, 6) is 0. The number of hydroxylamine groups is 2. The van der Waals surface area contributed by atoms with Gasteiger partial charge in [-0.05, 0) is 13.8 Å². The highest BCUT2D eigenvalue weighted by atomic mass is 16.8. The normalized spacial score (nSPS) is 16.1. The van der Waals surface area contributed by atoms with Crippen LogP contribution in [0.2, 0.25) is 0 Å². The molecule has 0 spiro atoms. The number of rotatable bonds is 2. The fourth-order valence-corrected chi connectivity index (χ4v) is 0.151. The summed E-state index contributed by atoms with van der Waals surface area (Å²) in [5.41, 5.74) is -0.542. The molecule has 0 aromatic rings. The maximum atomic E-state index is 10.3. The maximum Gasteiger partial charge on any atom is 0.121 e. The van der Waals surface area contributed by atoms with Crippen molar-refractivity contribution in [1.29, 1.82) is 0 Å². The van der Waals surface area contributed by atoms with Crippen LogP contribution in [0.1, 0.15) is 27.2 Å². The van der Waals surface area contributed by atoms with Crippen molar-refractivity contribution in [2.75, 3.05) is 0 Å². The molecule has 8 heavy (non-hydrogen) atoms. The topological polar surface area (TPSA) is 47.7 Å². The molecular formula is C5H13NO2. The van der Waals surface area contributed by atoms with Gasteiger partial charge >= 0.3 is 0 Å². The Morgan fingerprint density at radius 2 is 2.00 bits per heavy atom. The molecule has 3 nitrogen and oxygen atoms in total. The van der Waals surface area contributed by atoms with Gasteiger partial charge < -0.3 is 5.21 Å². The summed E-state index contributed by atoms with van der Waals surface area (Å²) >= 11 is 0. The molecule has 0 aromatic carbocycles. The van der Waals surface area contributed by atoms with Gasteiger partial charge in [0.2, 0.25) is 0 Å². The van der Waals surface area contributed by atoms with Crippen molar-refractivity contribution in [3.8, 4) is 0 Å². The molecule has 50 valence electrons. The van der Waals surface area contributed by atoms with Crippen LogP contribution in [-0.4, -0.2) is 10.7 Å². The molecule has 0 fully saturated rings. The van der Waals surface area contributed by atoms with Crippen LogP contribution in [0.4, 0.5) is 0 Å². The van der Waals surface area contributed by atoms with Crippen LogP contribution in [-0.2, 0) is 0 Å². The van der Waals surface area contributed by atoms with Crippen LogP contribution in [0.15, 0.2) is 0 Å². The molecule has 0 bridgehead atoms. The Bertz CT molecular complexity index is 70.8. The van der Waals surface area contributed by atoms with E-state index in [9.17, 15) is 5.21 Å². The summed E-state index contributed by atoms with van der Waals surface area (Å²) in [6.45, 7) is 5.30. The van der Waals surface area contributed by atoms with Crippen LogP contribution in [0.25, 0.3) is 0 Å². The first-order valence-electron chi connectivity index (χ1n) is 2.74. The van der Waals surface area contributed by atoms with Gasteiger partial charge in [0.15, 0.2) is 0 Å². The second-order valence-corrected chi connectivity index (χ2v) is 2.54. The van der Waals surface area contributed by atoms with Gasteiger partial charge in [0.1, 0.15) is 5.54 Å². The SMILES string of the molecule is CCC(C)(C)[NH+]([O-])O. The maximum absolute atomic E-state index is 10.3. The van der Waals surface area contributed by atoms with E-state index in [1.807, 2.05) is 6.92 Å². The molecule has 0 aliphatic carbocycles. The summed E-state index contributed by atoms with van der Waals surface area (Å²) in [7, 11) is 0. The quantitative estimate of drug-likeness (QED) is 0.500. The molecule has 0 radical (unpaired) electrons. The third-order valence-electron chi connectivity index (χ3n) is 1.46. The van der Waals surface area contributed by atoms with Gasteiger partial charge in [-0.2, -0.15) is 0 Å². The number of nitrogens with one attached hydrogen (secondary N) is 1. The predicted octanol–water partition coefficient (Wildman–Crippen LogP) is -0.0531. The van der Waals surface area contributed by atoms with Crippen molar-refractivity contribution in [1.82, 2.24) is 0 Å². The minimum absolute atomic E-state index is 0.542. The molecule has 0 amide bonds. The number of hydrogen-bond acceptors (Lipinski definition) is 2. The molecule has 0 saturated carbocycles. The van der Waals surface area contributed by atoms with E-state index in [2.05, 4.69) is 0 Å². The molecule has 0 aliphatic rings. The fourth-order valence-electron chi connectivity index (χ4n) is 0.151. The fraction of sp³-hybridized carbons (Fsp3) is 1.00. The molecule has 0 heterocycles. The van der Waals surface area contributed by atoms with Gasteiger partial charge in [-0.15, -0.1) is 0 Å². The molecule has 0 saturated heterocycles. The number of quaternary nitrogens is 1. The summed E-state index contributed by atoms with van der Waals surface area (Å²) in [5, 5.41) is 18.0. The molecular weight excluding hydrogens is 106 g/mol. The van der Waals surface area contributed by atoms with E-state index in [1.165, 1.54) is 0 Å². The summed E-state index contributed by atoms with van der Waals surface area (Å²) < 4.78 is 0. The second-order valence-electron chi connectivity index (χ2n) is 2.54. The van der Waals surface area contributed by atoms with E-state index in [0.29, 0.717) is 6.42 Å². The first-order chi connectivity index (χ1) is 3.50. The summed E-state index contributed by atoms with van der Waals surface area (Å²) in [4.78, 5) is 0. The standard InChI is InChI=1S/C5H13NO2/c1-4-5(2,3)6(7)8/h6-7H,4H2,1-3H3. The minimum atomic E-state index is -0.722. The number of hydrogen-bond donors (Lipinski definition) is 2. The van der Waals surface area contributed by atoms with Crippen molar-refractivity contribution < 1.29 is 10.4 Å². The molecule has 0 rings (SSSR count). The first-order valence-corrected chi connectivity index (χ1v) is 2.74. The van der Waals surface area contributed by atoms with E-state index in [1.54, 1.807) is 13.8 Å². The highest BCUT2D eigenvalue weighted by Gasteiger charge is 2.20. The lowest BCUT2D eigenvalue weighted by atomic mass is 10.0. The Balaban J connectivity index is 3.71. The largest absolute Gasteiger partial charge is 0.600 e. The van der Waals surface area contributed by atoms with Crippen LogP contribution >= 0.6 is 0 Å². The van der Waals surface area contributed by atoms with Gasteiger partial charge in [0.25, 0.3) is 0 Å². The zero-order chi connectivity index (χ0) is 6.78. The summed E-state index contributed by atoms with van der Waals surface area (Å²) in [6, 6.07) is 0.